The molecule has 0 saturated heterocycles. The molecule has 1 heterocycles. The summed E-state index contributed by atoms with van der Waals surface area (Å²) in [6.07, 6.45) is 1.52. The summed E-state index contributed by atoms with van der Waals surface area (Å²) in [5.74, 6) is 0. The Hall–Kier alpha value is -1.32. The molecule has 0 atom stereocenters. The Balaban J connectivity index is 0.000000771. The first kappa shape index (κ1) is 12.1. The Morgan fingerprint density at radius 1 is 1.41 bits per heavy atom. The lowest BCUT2D eigenvalue weighted by Crippen LogP contribution is -2.05. The molecule has 2 aromatic rings. The maximum atomic E-state index is 7.77. The fraction of sp³-hybridized carbons (Fsp3) is 0.308. The smallest absolute Gasteiger partial charge is 0.123 e. The molecule has 0 fully saturated rings. The fourth-order valence-corrected chi connectivity index (χ4v) is 1.43. The molecular formula is C13H17ClN2O. The summed E-state index contributed by atoms with van der Waals surface area (Å²) in [7, 11) is 0. The standard InChI is InChI=1S/C11H11ClN2O.C2H6/c12-7-15-8-14-11-5-6-13-10-4-2-1-3-9(10)11;1-2/h1-6H,7-8H2,(H,13,14);1-2H3/i5T;. The van der Waals surface area contributed by atoms with E-state index >= 15 is 0 Å². The molecule has 17 heavy (non-hydrogen) atoms. The summed E-state index contributed by atoms with van der Waals surface area (Å²) in [6.45, 7) is 4.28. The summed E-state index contributed by atoms with van der Waals surface area (Å²) < 4.78 is 12.8. The van der Waals surface area contributed by atoms with E-state index in [-0.39, 0.29) is 12.8 Å². The lowest BCUT2D eigenvalue weighted by atomic mass is 10.2. The lowest BCUT2D eigenvalue weighted by molar-refractivity contribution is 0.201. The summed E-state index contributed by atoms with van der Waals surface area (Å²) in [5.41, 5.74) is 1.57. The van der Waals surface area contributed by atoms with Gasteiger partial charge in [-0.15, -0.1) is 0 Å². The molecule has 0 unspecified atom stereocenters. The van der Waals surface area contributed by atoms with Gasteiger partial charge in [0.2, 0.25) is 0 Å². The number of alkyl halides is 1. The average Bonchev–Trinajstić information content (AvgIpc) is 2.44. The highest BCUT2D eigenvalue weighted by Crippen LogP contribution is 2.20. The number of pyridine rings is 1. The zero-order valence-corrected chi connectivity index (χ0v) is 10.8. The van der Waals surface area contributed by atoms with Gasteiger partial charge < -0.3 is 10.1 Å². The number of anilines is 1. The van der Waals surface area contributed by atoms with Crippen LogP contribution in [0, 0.1) is 0 Å². The maximum Gasteiger partial charge on any atom is 0.123 e. The molecular weight excluding hydrogens is 236 g/mol. The minimum absolute atomic E-state index is 0.128. The van der Waals surface area contributed by atoms with Crippen molar-refractivity contribution in [2.24, 2.45) is 0 Å². The van der Waals surface area contributed by atoms with Crippen molar-refractivity contribution in [1.29, 1.82) is 0 Å². The molecule has 0 aliphatic carbocycles. The van der Waals surface area contributed by atoms with Crippen molar-refractivity contribution in [2.75, 3.05) is 18.1 Å². The van der Waals surface area contributed by atoms with E-state index in [0.29, 0.717) is 6.04 Å². The highest BCUT2D eigenvalue weighted by atomic mass is 35.5. The number of ether oxygens (including phenoxy) is 1. The van der Waals surface area contributed by atoms with Gasteiger partial charge in [0.15, 0.2) is 0 Å². The van der Waals surface area contributed by atoms with Gasteiger partial charge in [-0.25, -0.2) is 0 Å². The van der Waals surface area contributed by atoms with Crippen molar-refractivity contribution < 1.29 is 6.11 Å². The predicted octanol–water partition coefficient (Wildman–Crippen LogP) is 3.84. The zero-order valence-electron chi connectivity index (χ0n) is 11.0. The molecule has 0 amide bonds. The van der Waals surface area contributed by atoms with Crippen molar-refractivity contribution >= 4 is 28.2 Å². The van der Waals surface area contributed by atoms with Gasteiger partial charge in [-0.1, -0.05) is 43.6 Å². The Bertz CT molecular complexity index is 493. The van der Waals surface area contributed by atoms with E-state index in [9.17, 15) is 0 Å². The molecule has 92 valence electrons. The van der Waals surface area contributed by atoms with Crippen LogP contribution in [0.15, 0.2) is 36.5 Å². The van der Waals surface area contributed by atoms with Gasteiger partial charge in [0.25, 0.3) is 0 Å². The summed E-state index contributed by atoms with van der Waals surface area (Å²) in [4.78, 5) is 4.18. The first-order valence-corrected chi connectivity index (χ1v) is 6.08. The molecule has 0 aliphatic heterocycles. The number of hydrogen-bond donors (Lipinski definition) is 1. The van der Waals surface area contributed by atoms with Gasteiger partial charge in [-0.2, -0.15) is 0 Å². The monoisotopic (exact) mass is 254 g/mol. The summed E-state index contributed by atoms with van der Waals surface area (Å²) >= 11 is 5.40. The van der Waals surface area contributed by atoms with E-state index < -0.39 is 0 Å². The first-order valence-electron chi connectivity index (χ1n) is 6.05. The lowest BCUT2D eigenvalue weighted by Gasteiger charge is -2.08. The van der Waals surface area contributed by atoms with E-state index in [0.717, 1.165) is 16.6 Å². The molecule has 0 radical (unpaired) electrons. The van der Waals surface area contributed by atoms with Crippen LogP contribution in [0.4, 0.5) is 5.69 Å². The molecule has 0 aliphatic rings. The van der Waals surface area contributed by atoms with Crippen LogP contribution in [-0.4, -0.2) is 17.8 Å². The normalized spacial score (nSPS) is 10.4. The first-order chi connectivity index (χ1) is 8.83. The SMILES string of the molecule is CC.[3H]c1cnc2ccccc2c1NCOCCl. The molecule has 1 aromatic carbocycles. The zero-order chi connectivity index (χ0) is 13.4. The highest BCUT2D eigenvalue weighted by Gasteiger charge is 1.99. The van der Waals surface area contributed by atoms with E-state index in [1.165, 1.54) is 6.20 Å². The van der Waals surface area contributed by atoms with Crippen LogP contribution in [-0.2, 0) is 4.74 Å². The minimum Gasteiger partial charge on any atom is -0.362 e. The van der Waals surface area contributed by atoms with Gasteiger partial charge >= 0.3 is 0 Å². The summed E-state index contributed by atoms with van der Waals surface area (Å²) in [5, 5.41) is 3.93. The van der Waals surface area contributed by atoms with Crippen LogP contribution in [0.2, 0.25) is 0 Å². The van der Waals surface area contributed by atoms with Gasteiger partial charge in [0, 0.05) is 17.3 Å². The number of hydrogen-bond acceptors (Lipinski definition) is 3. The number of nitrogens with one attached hydrogen (secondary N) is 1. The number of para-hydroxylation sites is 1. The van der Waals surface area contributed by atoms with E-state index in [4.69, 9.17) is 17.7 Å². The molecule has 0 bridgehead atoms. The number of benzene rings is 1. The van der Waals surface area contributed by atoms with Gasteiger partial charge in [-0.3, -0.25) is 4.98 Å². The maximum absolute atomic E-state index is 7.77. The second kappa shape index (κ2) is 7.87. The Labute approximate surface area is 108 Å². The van der Waals surface area contributed by atoms with Crippen LogP contribution in [0.1, 0.15) is 15.2 Å². The van der Waals surface area contributed by atoms with E-state index in [1.807, 2.05) is 38.1 Å². The third kappa shape index (κ3) is 3.88. The van der Waals surface area contributed by atoms with Crippen molar-refractivity contribution in [3.05, 3.63) is 36.5 Å². The van der Waals surface area contributed by atoms with Crippen LogP contribution in [0.25, 0.3) is 10.9 Å². The Kier molecular flexibility index (Phi) is 5.62. The topological polar surface area (TPSA) is 34.2 Å². The predicted molar refractivity (Wildman–Crippen MR) is 73.4 cm³/mol. The number of halogens is 1. The van der Waals surface area contributed by atoms with Crippen molar-refractivity contribution in [3.63, 3.8) is 0 Å². The quantitative estimate of drug-likeness (QED) is 0.511. The van der Waals surface area contributed by atoms with Crippen LogP contribution < -0.4 is 5.32 Å². The van der Waals surface area contributed by atoms with Crippen molar-refractivity contribution in [3.8, 4) is 0 Å². The van der Waals surface area contributed by atoms with Crippen LogP contribution in [0.3, 0.4) is 0 Å². The largest absolute Gasteiger partial charge is 0.362 e. The molecule has 0 saturated carbocycles. The van der Waals surface area contributed by atoms with E-state index in [2.05, 4.69) is 10.3 Å². The van der Waals surface area contributed by atoms with E-state index in [1.54, 1.807) is 0 Å². The molecule has 3 nitrogen and oxygen atoms in total. The fourth-order valence-electron chi connectivity index (χ4n) is 1.35. The van der Waals surface area contributed by atoms with Gasteiger partial charge in [-0.05, 0) is 12.1 Å². The van der Waals surface area contributed by atoms with Crippen LogP contribution >= 0.6 is 11.6 Å². The molecule has 2 rings (SSSR count). The van der Waals surface area contributed by atoms with Crippen molar-refractivity contribution in [2.45, 2.75) is 13.8 Å². The second-order valence-corrected chi connectivity index (χ2v) is 3.15. The average molecular weight is 255 g/mol. The van der Waals surface area contributed by atoms with Crippen molar-refractivity contribution in [1.82, 2.24) is 4.98 Å². The molecule has 1 N–H and O–H groups in total. The molecule has 0 spiro atoms. The van der Waals surface area contributed by atoms with Crippen LogP contribution in [0.5, 0.6) is 0 Å². The molecule has 1 aromatic heterocycles. The number of rotatable bonds is 4. The van der Waals surface area contributed by atoms with Gasteiger partial charge in [0.1, 0.15) is 12.8 Å². The summed E-state index contributed by atoms with van der Waals surface area (Å²) in [6, 6.07) is 8.13. The number of nitrogens with zero attached hydrogens (tertiary/aromatic N) is 1. The third-order valence-electron chi connectivity index (χ3n) is 2.01. The molecule has 4 heteroatoms. The minimum atomic E-state index is 0.128. The number of aromatic nitrogens is 1. The Morgan fingerprint density at radius 2 is 2.18 bits per heavy atom. The van der Waals surface area contributed by atoms with Gasteiger partial charge in [0.05, 0.1) is 6.89 Å². The number of fused-ring (bicyclic) bond motifs is 1. The third-order valence-corrected chi connectivity index (χ3v) is 2.17. The highest BCUT2D eigenvalue weighted by molar-refractivity contribution is 6.17. The Morgan fingerprint density at radius 3 is 2.94 bits per heavy atom. The second-order valence-electron chi connectivity index (χ2n) is 2.93.